The van der Waals surface area contributed by atoms with Crippen molar-refractivity contribution >= 4 is 17.6 Å². The average Bonchev–Trinajstić information content (AvgIpc) is 2.82. The fraction of sp³-hybridized carbons (Fsp3) is 0.222. The topological polar surface area (TPSA) is 47.8 Å². The molecule has 0 spiro atoms. The van der Waals surface area contributed by atoms with E-state index in [2.05, 4.69) is 10.1 Å². The first-order chi connectivity index (χ1) is 7.98. The van der Waals surface area contributed by atoms with Gasteiger partial charge in [0, 0.05) is 18.0 Å². The summed E-state index contributed by atoms with van der Waals surface area (Å²) in [6.45, 7) is -1.14. The van der Waals surface area contributed by atoms with Crippen LogP contribution >= 0.6 is 11.3 Å². The van der Waals surface area contributed by atoms with Gasteiger partial charge in [-0.2, -0.15) is 18.3 Å². The maximum atomic E-state index is 12.1. The number of rotatable bonds is 3. The van der Waals surface area contributed by atoms with E-state index in [-0.39, 0.29) is 0 Å². The largest absolute Gasteiger partial charge is 0.408 e. The van der Waals surface area contributed by atoms with Gasteiger partial charge in [0.15, 0.2) is 6.29 Å². The van der Waals surface area contributed by atoms with Gasteiger partial charge >= 0.3 is 6.18 Å². The molecule has 0 aliphatic carbocycles. The van der Waals surface area contributed by atoms with Crippen molar-refractivity contribution in [1.82, 2.24) is 14.8 Å². The number of hydrogen-bond donors (Lipinski definition) is 0. The summed E-state index contributed by atoms with van der Waals surface area (Å²) >= 11 is 1.10. The smallest absolute Gasteiger partial charge is 0.297 e. The third-order valence-corrected chi connectivity index (χ3v) is 2.83. The minimum atomic E-state index is -4.31. The van der Waals surface area contributed by atoms with Crippen molar-refractivity contribution in [3.8, 4) is 10.6 Å². The highest BCUT2D eigenvalue weighted by Gasteiger charge is 2.28. The first-order valence-electron chi connectivity index (χ1n) is 4.48. The van der Waals surface area contributed by atoms with Gasteiger partial charge in [0.25, 0.3) is 0 Å². The SMILES string of the molecule is O=Cc1cnc(-c2cnn(CC(F)(F)F)c2)s1. The van der Waals surface area contributed by atoms with Crippen molar-refractivity contribution in [2.45, 2.75) is 12.7 Å². The molecule has 90 valence electrons. The lowest BCUT2D eigenvalue weighted by Gasteiger charge is -2.04. The van der Waals surface area contributed by atoms with Crippen molar-refractivity contribution in [3.63, 3.8) is 0 Å². The molecule has 0 amide bonds. The van der Waals surface area contributed by atoms with Crippen LogP contribution in [0, 0.1) is 0 Å². The van der Waals surface area contributed by atoms with Crippen molar-refractivity contribution in [2.24, 2.45) is 0 Å². The molecule has 8 heteroatoms. The van der Waals surface area contributed by atoms with Crippen LogP contribution in [0.3, 0.4) is 0 Å². The molecule has 0 aliphatic heterocycles. The first-order valence-corrected chi connectivity index (χ1v) is 5.30. The van der Waals surface area contributed by atoms with Crippen LogP contribution in [0.2, 0.25) is 0 Å². The highest BCUT2D eigenvalue weighted by atomic mass is 32.1. The van der Waals surface area contributed by atoms with E-state index in [9.17, 15) is 18.0 Å². The Hall–Kier alpha value is -1.70. The summed E-state index contributed by atoms with van der Waals surface area (Å²) in [4.78, 5) is 14.8. The maximum absolute atomic E-state index is 12.1. The molecular formula is C9H6F3N3OS. The molecule has 0 saturated heterocycles. The number of alkyl halides is 3. The molecule has 0 bridgehead atoms. The molecule has 0 aromatic carbocycles. The van der Waals surface area contributed by atoms with Crippen LogP contribution in [0.4, 0.5) is 13.2 Å². The Kier molecular flexibility index (Phi) is 2.97. The van der Waals surface area contributed by atoms with Gasteiger partial charge in [-0.25, -0.2) is 4.98 Å². The molecule has 2 rings (SSSR count). The summed E-state index contributed by atoms with van der Waals surface area (Å²) in [7, 11) is 0. The molecule has 0 N–H and O–H groups in total. The van der Waals surface area contributed by atoms with Crippen LogP contribution in [0.5, 0.6) is 0 Å². The summed E-state index contributed by atoms with van der Waals surface area (Å²) < 4.78 is 37.1. The first kappa shape index (κ1) is 11.8. The quantitative estimate of drug-likeness (QED) is 0.797. The van der Waals surface area contributed by atoms with Gasteiger partial charge in [-0.15, -0.1) is 11.3 Å². The van der Waals surface area contributed by atoms with Gasteiger partial charge < -0.3 is 0 Å². The van der Waals surface area contributed by atoms with Gasteiger partial charge in [-0.3, -0.25) is 9.48 Å². The van der Waals surface area contributed by atoms with Crippen LogP contribution in [-0.2, 0) is 6.54 Å². The highest BCUT2D eigenvalue weighted by molar-refractivity contribution is 7.16. The van der Waals surface area contributed by atoms with Gasteiger partial charge in [0.05, 0.1) is 11.1 Å². The molecule has 2 aromatic heterocycles. The summed E-state index contributed by atoms with van der Waals surface area (Å²) in [5, 5.41) is 4.06. The standard InChI is InChI=1S/C9H6F3N3OS/c10-9(11,12)5-15-3-6(1-14-15)8-13-2-7(4-16)17-8/h1-4H,5H2. The van der Waals surface area contributed by atoms with E-state index in [0.29, 0.717) is 21.7 Å². The zero-order valence-electron chi connectivity index (χ0n) is 8.31. The number of hydrogen-bond acceptors (Lipinski definition) is 4. The average molecular weight is 261 g/mol. The molecule has 4 nitrogen and oxygen atoms in total. The number of carbonyl (C=O) groups excluding carboxylic acids is 1. The normalized spacial score (nSPS) is 11.7. The Labute approximate surface area is 97.7 Å². The monoisotopic (exact) mass is 261 g/mol. The minimum Gasteiger partial charge on any atom is -0.297 e. The van der Waals surface area contributed by atoms with E-state index in [4.69, 9.17) is 0 Å². The second kappa shape index (κ2) is 4.28. The van der Waals surface area contributed by atoms with Crippen molar-refractivity contribution in [1.29, 1.82) is 0 Å². The molecule has 0 radical (unpaired) electrons. The Bertz CT molecular complexity index is 532. The molecule has 0 aliphatic rings. The lowest BCUT2D eigenvalue weighted by Crippen LogP contribution is -2.17. The van der Waals surface area contributed by atoms with Crippen molar-refractivity contribution in [3.05, 3.63) is 23.5 Å². The zero-order valence-corrected chi connectivity index (χ0v) is 9.13. The van der Waals surface area contributed by atoms with Gasteiger partial charge in [-0.05, 0) is 0 Å². The fourth-order valence-corrected chi connectivity index (χ4v) is 1.92. The van der Waals surface area contributed by atoms with E-state index < -0.39 is 12.7 Å². The number of aldehydes is 1. The van der Waals surface area contributed by atoms with E-state index in [0.717, 1.165) is 16.0 Å². The Morgan fingerprint density at radius 3 is 2.76 bits per heavy atom. The van der Waals surface area contributed by atoms with Gasteiger partial charge in [-0.1, -0.05) is 0 Å². The molecular weight excluding hydrogens is 255 g/mol. The maximum Gasteiger partial charge on any atom is 0.408 e. The molecule has 2 aromatic rings. The summed E-state index contributed by atoms with van der Waals surface area (Å²) in [5.74, 6) is 0. The second-order valence-electron chi connectivity index (χ2n) is 3.23. The van der Waals surface area contributed by atoms with E-state index in [1.165, 1.54) is 18.6 Å². The van der Waals surface area contributed by atoms with Crippen LogP contribution in [-0.4, -0.2) is 27.2 Å². The number of aromatic nitrogens is 3. The third-order valence-electron chi connectivity index (χ3n) is 1.86. The molecule has 0 unspecified atom stereocenters. The fourth-order valence-electron chi connectivity index (χ4n) is 1.22. The van der Waals surface area contributed by atoms with Gasteiger partial charge in [0.1, 0.15) is 11.6 Å². The Balaban J connectivity index is 2.20. The Morgan fingerprint density at radius 2 is 2.18 bits per heavy atom. The summed E-state index contributed by atoms with van der Waals surface area (Å²) in [6, 6.07) is 0. The predicted molar refractivity (Wildman–Crippen MR) is 54.8 cm³/mol. The lowest BCUT2D eigenvalue weighted by atomic mass is 10.4. The van der Waals surface area contributed by atoms with Crippen LogP contribution < -0.4 is 0 Å². The molecule has 0 atom stereocenters. The lowest BCUT2D eigenvalue weighted by molar-refractivity contribution is -0.142. The molecule has 0 fully saturated rings. The highest BCUT2D eigenvalue weighted by Crippen LogP contribution is 2.25. The summed E-state index contributed by atoms with van der Waals surface area (Å²) in [5.41, 5.74) is 0.465. The van der Waals surface area contributed by atoms with Crippen LogP contribution in [0.15, 0.2) is 18.6 Å². The zero-order chi connectivity index (χ0) is 12.5. The van der Waals surface area contributed by atoms with Gasteiger partial charge in [0.2, 0.25) is 0 Å². The van der Waals surface area contributed by atoms with Crippen LogP contribution in [0.25, 0.3) is 10.6 Å². The van der Waals surface area contributed by atoms with Crippen molar-refractivity contribution in [2.75, 3.05) is 0 Å². The third kappa shape index (κ3) is 2.90. The molecule has 0 saturated carbocycles. The van der Waals surface area contributed by atoms with Crippen LogP contribution in [0.1, 0.15) is 9.67 Å². The second-order valence-corrected chi connectivity index (χ2v) is 4.29. The predicted octanol–water partition coefficient (Wildman–Crippen LogP) is 2.38. The van der Waals surface area contributed by atoms with E-state index in [1.54, 1.807) is 0 Å². The number of carbonyl (C=O) groups is 1. The number of halogens is 3. The number of nitrogens with zero attached hydrogens (tertiary/aromatic N) is 3. The number of thiazole rings is 1. The molecule has 17 heavy (non-hydrogen) atoms. The van der Waals surface area contributed by atoms with Crippen molar-refractivity contribution < 1.29 is 18.0 Å². The minimum absolute atomic E-state index is 0.420. The van der Waals surface area contributed by atoms with E-state index in [1.807, 2.05) is 0 Å². The van der Waals surface area contributed by atoms with E-state index >= 15 is 0 Å². The Morgan fingerprint density at radius 1 is 1.41 bits per heavy atom. The molecule has 2 heterocycles. The summed E-state index contributed by atoms with van der Waals surface area (Å²) in [6.07, 6.45) is 0.246.